The van der Waals surface area contributed by atoms with Crippen LogP contribution in [0, 0.1) is 12.8 Å². The summed E-state index contributed by atoms with van der Waals surface area (Å²) in [6, 6.07) is 3.53. The number of pyridine rings is 1. The van der Waals surface area contributed by atoms with Crippen molar-refractivity contribution in [3.63, 3.8) is 0 Å². The number of amides is 1. The Labute approximate surface area is 119 Å². The van der Waals surface area contributed by atoms with Gasteiger partial charge in [0.25, 0.3) is 0 Å². The highest BCUT2D eigenvalue weighted by Crippen LogP contribution is 2.26. The summed E-state index contributed by atoms with van der Waals surface area (Å²) in [5, 5.41) is 0. The molecule has 1 amide bonds. The Bertz CT molecular complexity index is 600. The molecule has 0 spiro atoms. The van der Waals surface area contributed by atoms with Crippen LogP contribution in [0.25, 0.3) is 0 Å². The second-order valence-electron chi connectivity index (χ2n) is 4.61. The number of carbonyl (C=O) groups is 1. The van der Waals surface area contributed by atoms with Crippen LogP contribution in [0.15, 0.2) is 16.7 Å². The number of halogens is 2. The van der Waals surface area contributed by atoms with Gasteiger partial charge in [-0.15, -0.1) is 3.89 Å². The maximum Gasteiger partial charge on any atom is 0.302 e. The van der Waals surface area contributed by atoms with Crippen LogP contribution in [0.3, 0.4) is 0 Å². The predicted molar refractivity (Wildman–Crippen MR) is 72.0 cm³/mol. The molecule has 0 radical (unpaired) electrons. The largest absolute Gasteiger partial charge is 0.302 e. The van der Waals surface area contributed by atoms with Crippen molar-refractivity contribution < 1.29 is 17.1 Å². The molecular weight excluding hydrogens is 339 g/mol. The maximum atomic E-state index is 12.6. The molecule has 0 N–H and O–H groups in total. The lowest BCUT2D eigenvalue weighted by atomic mass is 10.1. The molecule has 0 bridgehead atoms. The van der Waals surface area contributed by atoms with Gasteiger partial charge in [0.05, 0.1) is 5.75 Å². The van der Waals surface area contributed by atoms with Crippen LogP contribution in [0.4, 0.5) is 9.70 Å². The van der Waals surface area contributed by atoms with Gasteiger partial charge in [0.1, 0.15) is 10.4 Å². The minimum Gasteiger partial charge on any atom is -0.296 e. The molecule has 0 saturated carbocycles. The van der Waals surface area contributed by atoms with E-state index in [4.69, 9.17) is 0 Å². The van der Waals surface area contributed by atoms with Crippen molar-refractivity contribution in [3.8, 4) is 0 Å². The molecule has 1 unspecified atom stereocenters. The Balaban J connectivity index is 2.20. The van der Waals surface area contributed by atoms with Crippen LogP contribution in [-0.4, -0.2) is 31.6 Å². The molecule has 1 fully saturated rings. The molecule has 19 heavy (non-hydrogen) atoms. The van der Waals surface area contributed by atoms with Gasteiger partial charge in [-0.05, 0) is 40.5 Å². The molecule has 1 aliphatic heterocycles. The van der Waals surface area contributed by atoms with E-state index >= 15 is 0 Å². The zero-order chi connectivity index (χ0) is 14.2. The quantitative estimate of drug-likeness (QED) is 0.615. The lowest BCUT2D eigenvalue weighted by Gasteiger charge is -2.16. The monoisotopic (exact) mass is 350 g/mol. The lowest BCUT2D eigenvalue weighted by Crippen LogP contribution is -2.26. The molecule has 2 heterocycles. The predicted octanol–water partition coefficient (Wildman–Crippen LogP) is 1.80. The minimum absolute atomic E-state index is 0.0242. The van der Waals surface area contributed by atoms with Crippen LogP contribution < -0.4 is 4.90 Å². The molecule has 0 aliphatic carbocycles. The minimum atomic E-state index is -4.56. The van der Waals surface area contributed by atoms with Gasteiger partial charge in [-0.2, -0.15) is 8.42 Å². The number of hydrogen-bond acceptors (Lipinski definition) is 4. The van der Waals surface area contributed by atoms with Crippen LogP contribution in [0.1, 0.15) is 12.0 Å². The Kier molecular flexibility index (Phi) is 3.91. The van der Waals surface area contributed by atoms with Gasteiger partial charge in [0, 0.05) is 18.9 Å². The number of aryl methyl sites for hydroxylation is 1. The normalized spacial score (nSPS) is 20.1. The average Bonchev–Trinajstić information content (AvgIpc) is 2.54. The zero-order valence-electron chi connectivity index (χ0n) is 10.1. The number of aromatic nitrogens is 1. The van der Waals surface area contributed by atoms with Crippen molar-refractivity contribution in [2.75, 3.05) is 17.2 Å². The van der Waals surface area contributed by atoms with Gasteiger partial charge in [-0.25, -0.2) is 4.98 Å². The van der Waals surface area contributed by atoms with Gasteiger partial charge in [0.2, 0.25) is 5.91 Å². The van der Waals surface area contributed by atoms with E-state index in [2.05, 4.69) is 20.9 Å². The summed E-state index contributed by atoms with van der Waals surface area (Å²) in [4.78, 5) is 17.4. The van der Waals surface area contributed by atoms with Gasteiger partial charge in [-0.3, -0.25) is 9.69 Å². The second-order valence-corrected chi connectivity index (χ2v) is 6.83. The average molecular weight is 351 g/mol. The molecular formula is C11H12BrFN2O3S. The van der Waals surface area contributed by atoms with Crippen molar-refractivity contribution in [2.45, 2.75) is 13.3 Å². The molecule has 1 saturated heterocycles. The number of carbonyl (C=O) groups excluding carboxylic acids is 1. The molecule has 5 nitrogen and oxygen atoms in total. The first-order valence-corrected chi connectivity index (χ1v) is 7.96. The fourth-order valence-electron chi connectivity index (χ4n) is 2.14. The van der Waals surface area contributed by atoms with E-state index in [1.54, 1.807) is 12.1 Å². The molecule has 104 valence electrons. The van der Waals surface area contributed by atoms with E-state index in [9.17, 15) is 17.1 Å². The molecule has 8 heteroatoms. The van der Waals surface area contributed by atoms with E-state index < -0.39 is 21.9 Å². The Hall–Kier alpha value is -1.02. The molecule has 1 atom stereocenters. The van der Waals surface area contributed by atoms with Crippen LogP contribution >= 0.6 is 15.9 Å². The van der Waals surface area contributed by atoms with Crippen molar-refractivity contribution in [1.29, 1.82) is 0 Å². The van der Waals surface area contributed by atoms with Crippen molar-refractivity contribution in [3.05, 3.63) is 22.3 Å². The topological polar surface area (TPSA) is 67.3 Å². The first kappa shape index (κ1) is 14.4. The summed E-state index contributed by atoms with van der Waals surface area (Å²) < 4.78 is 34.5. The second kappa shape index (κ2) is 5.16. The standard InChI is InChI=1S/C11H12BrFN2O3S/c1-7-2-9(12)14-10(3-7)15-5-8(4-11(15)16)6-19(13,17)18/h2-3,8H,4-6H2,1H3. The number of hydrogen-bond donors (Lipinski definition) is 0. The summed E-state index contributed by atoms with van der Waals surface area (Å²) in [6.45, 7) is 2.03. The van der Waals surface area contributed by atoms with E-state index in [0.717, 1.165) is 5.56 Å². The smallest absolute Gasteiger partial charge is 0.296 e. The van der Waals surface area contributed by atoms with Gasteiger partial charge in [0.15, 0.2) is 0 Å². The van der Waals surface area contributed by atoms with Gasteiger partial charge in [-0.1, -0.05) is 0 Å². The Morgan fingerprint density at radius 3 is 2.79 bits per heavy atom. The number of nitrogens with zero attached hydrogens (tertiary/aromatic N) is 2. The first-order valence-electron chi connectivity index (χ1n) is 5.61. The Morgan fingerprint density at radius 2 is 2.21 bits per heavy atom. The summed E-state index contributed by atoms with van der Waals surface area (Å²) in [5.41, 5.74) is 0.922. The summed E-state index contributed by atoms with van der Waals surface area (Å²) >= 11 is 3.24. The number of rotatable bonds is 3. The van der Waals surface area contributed by atoms with Gasteiger partial charge < -0.3 is 0 Å². The first-order chi connectivity index (χ1) is 8.74. The van der Waals surface area contributed by atoms with Crippen molar-refractivity contribution in [2.24, 2.45) is 5.92 Å². The molecule has 1 aromatic heterocycles. The maximum absolute atomic E-state index is 12.6. The molecule has 1 aliphatic rings. The molecule has 2 rings (SSSR count). The van der Waals surface area contributed by atoms with Crippen molar-refractivity contribution in [1.82, 2.24) is 4.98 Å². The third kappa shape index (κ3) is 3.73. The third-order valence-corrected chi connectivity index (χ3v) is 4.12. The molecule has 0 aromatic carbocycles. The lowest BCUT2D eigenvalue weighted by molar-refractivity contribution is -0.117. The Morgan fingerprint density at radius 1 is 1.53 bits per heavy atom. The van der Waals surface area contributed by atoms with E-state index in [1.165, 1.54) is 4.90 Å². The van der Waals surface area contributed by atoms with Crippen molar-refractivity contribution >= 4 is 37.9 Å². The van der Waals surface area contributed by atoms with E-state index in [0.29, 0.717) is 10.4 Å². The van der Waals surface area contributed by atoms with E-state index in [-0.39, 0.29) is 18.9 Å². The van der Waals surface area contributed by atoms with Crippen LogP contribution in [0.2, 0.25) is 0 Å². The fraction of sp³-hybridized carbons (Fsp3) is 0.455. The molecule has 1 aromatic rings. The fourth-order valence-corrected chi connectivity index (χ4v) is 3.47. The number of anilines is 1. The highest BCUT2D eigenvalue weighted by molar-refractivity contribution is 9.10. The summed E-state index contributed by atoms with van der Waals surface area (Å²) in [6.07, 6.45) is 0.0242. The zero-order valence-corrected chi connectivity index (χ0v) is 12.5. The van der Waals surface area contributed by atoms with E-state index in [1.807, 2.05) is 6.92 Å². The van der Waals surface area contributed by atoms with Crippen LogP contribution in [-0.2, 0) is 15.0 Å². The SMILES string of the molecule is Cc1cc(Br)nc(N2CC(CS(=O)(=O)F)CC2=O)c1. The van der Waals surface area contributed by atoms with Gasteiger partial charge >= 0.3 is 10.2 Å². The highest BCUT2D eigenvalue weighted by atomic mass is 79.9. The van der Waals surface area contributed by atoms with Crippen LogP contribution in [0.5, 0.6) is 0 Å². The highest BCUT2D eigenvalue weighted by Gasteiger charge is 2.34. The third-order valence-electron chi connectivity index (χ3n) is 2.84. The summed E-state index contributed by atoms with van der Waals surface area (Å²) in [5.74, 6) is -0.930. The summed E-state index contributed by atoms with van der Waals surface area (Å²) in [7, 11) is -4.56.